The monoisotopic (exact) mass is 233 g/mol. The summed E-state index contributed by atoms with van der Waals surface area (Å²) in [5, 5.41) is 22.4. The second-order valence-electron chi connectivity index (χ2n) is 4.12. The van der Waals surface area contributed by atoms with Gasteiger partial charge in [-0.05, 0) is 12.8 Å². The average molecular weight is 233 g/mol. The number of ether oxygens (including phenoxy) is 1. The molecule has 0 aliphatic heterocycles. The first-order valence-corrected chi connectivity index (χ1v) is 6.30. The zero-order valence-corrected chi connectivity index (χ0v) is 10.8. The van der Waals surface area contributed by atoms with Crippen LogP contribution in [0.5, 0.6) is 0 Å². The van der Waals surface area contributed by atoms with Gasteiger partial charge in [-0.15, -0.1) is 0 Å². The third kappa shape index (κ3) is 7.17. The zero-order chi connectivity index (χ0) is 12.4. The van der Waals surface area contributed by atoms with Gasteiger partial charge in [-0.1, -0.05) is 26.7 Å². The Morgan fingerprint density at radius 1 is 1.06 bits per heavy atom. The molecule has 0 rings (SSSR count). The van der Waals surface area contributed by atoms with Crippen molar-refractivity contribution in [3.8, 4) is 0 Å². The Balaban J connectivity index is 3.56. The molecule has 2 atom stereocenters. The lowest BCUT2D eigenvalue weighted by atomic mass is 9.96. The molecule has 4 heteroatoms. The standard InChI is InChI=1S/C12H27NO3/c1-4-10(5-2)12(15)8-13-7-11(14)9-16-6-3/h10-15H,4-9H2,1-3H3. The highest BCUT2D eigenvalue weighted by atomic mass is 16.5. The lowest BCUT2D eigenvalue weighted by molar-refractivity contribution is 0.0384. The van der Waals surface area contributed by atoms with Crippen LogP contribution >= 0.6 is 0 Å². The lowest BCUT2D eigenvalue weighted by Gasteiger charge is -2.21. The van der Waals surface area contributed by atoms with Gasteiger partial charge in [-0.25, -0.2) is 0 Å². The van der Waals surface area contributed by atoms with Crippen LogP contribution in [0.4, 0.5) is 0 Å². The van der Waals surface area contributed by atoms with Gasteiger partial charge in [0.1, 0.15) is 0 Å². The number of hydrogen-bond acceptors (Lipinski definition) is 4. The van der Waals surface area contributed by atoms with Crippen LogP contribution in [0.15, 0.2) is 0 Å². The van der Waals surface area contributed by atoms with E-state index in [1.807, 2.05) is 6.92 Å². The molecular formula is C12H27NO3. The Morgan fingerprint density at radius 3 is 2.19 bits per heavy atom. The molecule has 0 aromatic rings. The second kappa shape index (κ2) is 10.0. The summed E-state index contributed by atoms with van der Waals surface area (Å²) in [6, 6.07) is 0. The molecule has 0 amide bonds. The zero-order valence-electron chi connectivity index (χ0n) is 10.8. The summed E-state index contributed by atoms with van der Waals surface area (Å²) in [7, 11) is 0. The van der Waals surface area contributed by atoms with Crippen LogP contribution < -0.4 is 5.32 Å². The van der Waals surface area contributed by atoms with Crippen LogP contribution in [-0.2, 0) is 4.74 Å². The number of nitrogens with one attached hydrogen (secondary N) is 1. The predicted molar refractivity (Wildman–Crippen MR) is 65.4 cm³/mol. The van der Waals surface area contributed by atoms with Gasteiger partial charge < -0.3 is 20.3 Å². The van der Waals surface area contributed by atoms with E-state index in [0.717, 1.165) is 12.8 Å². The molecule has 0 aromatic heterocycles. The molecule has 3 N–H and O–H groups in total. The van der Waals surface area contributed by atoms with Gasteiger partial charge in [-0.3, -0.25) is 0 Å². The Bertz CT molecular complexity index is 151. The quantitative estimate of drug-likeness (QED) is 0.521. The van der Waals surface area contributed by atoms with Crippen molar-refractivity contribution >= 4 is 0 Å². The van der Waals surface area contributed by atoms with Crippen molar-refractivity contribution < 1.29 is 14.9 Å². The van der Waals surface area contributed by atoms with Gasteiger partial charge in [-0.2, -0.15) is 0 Å². The van der Waals surface area contributed by atoms with E-state index in [9.17, 15) is 10.2 Å². The van der Waals surface area contributed by atoms with Crippen molar-refractivity contribution in [3.63, 3.8) is 0 Å². The molecule has 0 saturated carbocycles. The van der Waals surface area contributed by atoms with Crippen molar-refractivity contribution in [1.82, 2.24) is 5.32 Å². The molecule has 0 heterocycles. The Morgan fingerprint density at radius 2 is 1.69 bits per heavy atom. The van der Waals surface area contributed by atoms with E-state index in [1.54, 1.807) is 0 Å². The van der Waals surface area contributed by atoms with Crippen LogP contribution in [-0.4, -0.2) is 48.7 Å². The molecular weight excluding hydrogens is 206 g/mol. The van der Waals surface area contributed by atoms with Crippen molar-refractivity contribution in [3.05, 3.63) is 0 Å². The van der Waals surface area contributed by atoms with Crippen LogP contribution in [0.3, 0.4) is 0 Å². The van der Waals surface area contributed by atoms with E-state index in [-0.39, 0.29) is 6.10 Å². The Kier molecular flexibility index (Phi) is 9.92. The van der Waals surface area contributed by atoms with Gasteiger partial charge in [0.25, 0.3) is 0 Å². The van der Waals surface area contributed by atoms with Crippen molar-refractivity contribution in [1.29, 1.82) is 0 Å². The molecule has 0 spiro atoms. The normalized spacial score (nSPS) is 15.4. The summed E-state index contributed by atoms with van der Waals surface area (Å²) in [5.41, 5.74) is 0. The summed E-state index contributed by atoms with van der Waals surface area (Å²) in [4.78, 5) is 0. The Hall–Kier alpha value is -0.160. The third-order valence-corrected chi connectivity index (χ3v) is 2.84. The van der Waals surface area contributed by atoms with Gasteiger partial charge in [0.15, 0.2) is 0 Å². The molecule has 0 fully saturated rings. The first kappa shape index (κ1) is 15.8. The fourth-order valence-corrected chi connectivity index (χ4v) is 1.71. The minimum atomic E-state index is -0.492. The highest BCUT2D eigenvalue weighted by molar-refractivity contribution is 4.70. The summed E-state index contributed by atoms with van der Waals surface area (Å²) >= 11 is 0. The molecule has 2 unspecified atom stereocenters. The maximum Gasteiger partial charge on any atom is 0.0897 e. The SMILES string of the molecule is CCOCC(O)CNCC(O)C(CC)CC. The molecule has 16 heavy (non-hydrogen) atoms. The Labute approximate surface area is 99.0 Å². The first-order valence-electron chi connectivity index (χ1n) is 6.30. The molecule has 0 saturated heterocycles. The third-order valence-electron chi connectivity index (χ3n) is 2.84. The number of aliphatic hydroxyl groups excluding tert-OH is 2. The minimum Gasteiger partial charge on any atom is -0.392 e. The molecule has 0 aromatic carbocycles. The first-order chi connectivity index (χ1) is 7.65. The van der Waals surface area contributed by atoms with E-state index in [1.165, 1.54) is 0 Å². The topological polar surface area (TPSA) is 61.7 Å². The highest BCUT2D eigenvalue weighted by Crippen LogP contribution is 2.11. The maximum absolute atomic E-state index is 9.82. The lowest BCUT2D eigenvalue weighted by Crippen LogP contribution is -2.37. The van der Waals surface area contributed by atoms with Crippen molar-refractivity contribution in [2.75, 3.05) is 26.3 Å². The molecule has 0 aliphatic carbocycles. The van der Waals surface area contributed by atoms with Crippen LogP contribution in [0, 0.1) is 5.92 Å². The fraction of sp³-hybridized carbons (Fsp3) is 1.00. The summed E-state index contributed by atoms with van der Waals surface area (Å²) < 4.78 is 5.09. The molecule has 0 radical (unpaired) electrons. The van der Waals surface area contributed by atoms with Crippen LogP contribution in [0.25, 0.3) is 0 Å². The van der Waals surface area contributed by atoms with Crippen molar-refractivity contribution in [2.45, 2.75) is 45.8 Å². The van der Waals surface area contributed by atoms with E-state index < -0.39 is 6.10 Å². The van der Waals surface area contributed by atoms with Gasteiger partial charge in [0.2, 0.25) is 0 Å². The van der Waals surface area contributed by atoms with Gasteiger partial charge in [0.05, 0.1) is 18.8 Å². The number of hydrogen-bond donors (Lipinski definition) is 3. The van der Waals surface area contributed by atoms with E-state index in [0.29, 0.717) is 32.2 Å². The molecule has 0 aliphatic rings. The van der Waals surface area contributed by atoms with Gasteiger partial charge in [0, 0.05) is 19.7 Å². The van der Waals surface area contributed by atoms with E-state index >= 15 is 0 Å². The minimum absolute atomic E-state index is 0.325. The summed E-state index contributed by atoms with van der Waals surface area (Å²) in [6.07, 6.45) is 1.16. The van der Waals surface area contributed by atoms with Crippen LogP contribution in [0.2, 0.25) is 0 Å². The summed E-state index contributed by atoms with van der Waals surface area (Å²) in [5.74, 6) is 0.344. The highest BCUT2D eigenvalue weighted by Gasteiger charge is 2.15. The predicted octanol–water partition coefficient (Wildman–Crippen LogP) is 0.770. The number of aliphatic hydroxyl groups is 2. The number of rotatable bonds is 10. The van der Waals surface area contributed by atoms with Crippen molar-refractivity contribution in [2.24, 2.45) is 5.92 Å². The summed E-state index contributed by atoms with van der Waals surface area (Å²) in [6.45, 7) is 8.05. The van der Waals surface area contributed by atoms with E-state index in [2.05, 4.69) is 19.2 Å². The average Bonchev–Trinajstić information content (AvgIpc) is 2.28. The molecule has 0 bridgehead atoms. The largest absolute Gasteiger partial charge is 0.392 e. The second-order valence-corrected chi connectivity index (χ2v) is 4.12. The maximum atomic E-state index is 9.82. The van der Waals surface area contributed by atoms with Gasteiger partial charge >= 0.3 is 0 Å². The fourth-order valence-electron chi connectivity index (χ4n) is 1.71. The van der Waals surface area contributed by atoms with E-state index in [4.69, 9.17) is 4.74 Å². The smallest absolute Gasteiger partial charge is 0.0897 e. The van der Waals surface area contributed by atoms with Crippen LogP contribution in [0.1, 0.15) is 33.6 Å². The molecule has 4 nitrogen and oxygen atoms in total. The molecule has 98 valence electrons.